The van der Waals surface area contributed by atoms with Crippen LogP contribution in [0.3, 0.4) is 0 Å². The van der Waals surface area contributed by atoms with E-state index in [1.54, 1.807) is 12.4 Å². The third-order valence-electron chi connectivity index (χ3n) is 4.25. The van der Waals surface area contributed by atoms with Crippen molar-refractivity contribution in [3.8, 4) is 5.95 Å². The van der Waals surface area contributed by atoms with Gasteiger partial charge in [0.15, 0.2) is 0 Å². The van der Waals surface area contributed by atoms with Crippen LogP contribution in [-0.2, 0) is 0 Å². The molecular formula is C14H18N8. The Morgan fingerprint density at radius 2 is 1.91 bits per heavy atom. The number of rotatable bonds is 2. The number of anilines is 2. The first kappa shape index (κ1) is 13.1. The van der Waals surface area contributed by atoms with Crippen molar-refractivity contribution in [3.05, 3.63) is 18.5 Å². The van der Waals surface area contributed by atoms with E-state index in [4.69, 9.17) is 11.5 Å². The first-order valence-electron chi connectivity index (χ1n) is 7.54. The lowest BCUT2D eigenvalue weighted by Gasteiger charge is -2.25. The SMILES string of the molecule is Nc1nc(N)n(-c2nc3cnccc3n2C2CCCCC2)n1. The Hall–Kier alpha value is -2.64. The summed E-state index contributed by atoms with van der Waals surface area (Å²) in [6.07, 6.45) is 9.54. The molecular weight excluding hydrogens is 280 g/mol. The smallest absolute Gasteiger partial charge is 0.241 e. The molecule has 3 aromatic rings. The topological polar surface area (TPSA) is 113 Å². The molecule has 1 aliphatic rings. The van der Waals surface area contributed by atoms with E-state index in [-0.39, 0.29) is 11.9 Å². The van der Waals surface area contributed by atoms with E-state index in [1.807, 2.05) is 6.07 Å². The molecule has 1 fully saturated rings. The molecule has 0 radical (unpaired) electrons. The monoisotopic (exact) mass is 298 g/mol. The van der Waals surface area contributed by atoms with Crippen molar-refractivity contribution in [1.82, 2.24) is 29.3 Å². The summed E-state index contributed by atoms with van der Waals surface area (Å²) >= 11 is 0. The minimum Gasteiger partial charge on any atom is -0.368 e. The lowest BCUT2D eigenvalue weighted by molar-refractivity contribution is 0.356. The second-order valence-corrected chi connectivity index (χ2v) is 5.68. The van der Waals surface area contributed by atoms with Crippen molar-refractivity contribution in [2.24, 2.45) is 0 Å². The predicted molar refractivity (Wildman–Crippen MR) is 83.4 cm³/mol. The minimum absolute atomic E-state index is 0.151. The Kier molecular flexibility index (Phi) is 2.95. The normalized spacial score (nSPS) is 16.4. The number of hydrogen-bond donors (Lipinski definition) is 2. The van der Waals surface area contributed by atoms with Crippen molar-refractivity contribution in [1.29, 1.82) is 0 Å². The predicted octanol–water partition coefficient (Wildman–Crippen LogP) is 1.68. The van der Waals surface area contributed by atoms with Crippen molar-refractivity contribution in [2.45, 2.75) is 38.1 Å². The van der Waals surface area contributed by atoms with E-state index in [0.29, 0.717) is 12.0 Å². The van der Waals surface area contributed by atoms with Gasteiger partial charge in [-0.1, -0.05) is 19.3 Å². The fourth-order valence-electron chi connectivity index (χ4n) is 3.27. The zero-order chi connectivity index (χ0) is 15.1. The molecule has 1 saturated carbocycles. The van der Waals surface area contributed by atoms with Crippen LogP contribution in [0.5, 0.6) is 0 Å². The largest absolute Gasteiger partial charge is 0.368 e. The number of nitrogen functional groups attached to an aromatic ring is 2. The van der Waals surface area contributed by atoms with Crippen LogP contribution in [0.2, 0.25) is 0 Å². The molecule has 22 heavy (non-hydrogen) atoms. The van der Waals surface area contributed by atoms with Crippen molar-refractivity contribution in [3.63, 3.8) is 0 Å². The van der Waals surface area contributed by atoms with E-state index in [0.717, 1.165) is 23.9 Å². The molecule has 1 aliphatic carbocycles. The zero-order valence-electron chi connectivity index (χ0n) is 12.2. The summed E-state index contributed by atoms with van der Waals surface area (Å²) in [4.78, 5) is 12.8. The average Bonchev–Trinajstić information content (AvgIpc) is 3.07. The first-order chi connectivity index (χ1) is 10.7. The molecule has 8 heteroatoms. The van der Waals surface area contributed by atoms with Gasteiger partial charge in [-0.2, -0.15) is 9.67 Å². The van der Waals surface area contributed by atoms with E-state index in [9.17, 15) is 0 Å². The molecule has 4 rings (SSSR count). The van der Waals surface area contributed by atoms with Crippen molar-refractivity contribution >= 4 is 22.9 Å². The summed E-state index contributed by atoms with van der Waals surface area (Å²) in [6.45, 7) is 0. The second kappa shape index (κ2) is 4.97. The Bertz CT molecular complexity index is 811. The van der Waals surface area contributed by atoms with Gasteiger partial charge in [-0.3, -0.25) is 4.98 Å². The standard InChI is InChI=1S/C14H18N8/c15-12-19-13(16)22(20-12)14-18-10-8-17-7-6-11(10)21(14)9-4-2-1-3-5-9/h6-9H,1-5H2,(H4,15,16,19,20). The summed E-state index contributed by atoms with van der Waals surface area (Å²) in [7, 11) is 0. The fourth-order valence-corrected chi connectivity index (χ4v) is 3.27. The van der Waals surface area contributed by atoms with Crippen molar-refractivity contribution < 1.29 is 0 Å². The van der Waals surface area contributed by atoms with E-state index in [1.165, 1.54) is 23.9 Å². The van der Waals surface area contributed by atoms with Gasteiger partial charge in [-0.15, -0.1) is 5.10 Å². The van der Waals surface area contributed by atoms with Crippen LogP contribution in [0.1, 0.15) is 38.1 Å². The van der Waals surface area contributed by atoms with Crippen molar-refractivity contribution in [2.75, 3.05) is 11.5 Å². The van der Waals surface area contributed by atoms with Crippen LogP contribution in [0, 0.1) is 0 Å². The lowest BCUT2D eigenvalue weighted by atomic mass is 9.95. The number of aromatic nitrogens is 6. The number of nitrogens with zero attached hydrogens (tertiary/aromatic N) is 6. The molecule has 0 aromatic carbocycles. The third-order valence-corrected chi connectivity index (χ3v) is 4.25. The highest BCUT2D eigenvalue weighted by atomic mass is 15.5. The number of nitrogens with two attached hydrogens (primary N) is 2. The number of imidazole rings is 1. The Balaban J connectivity index is 1.95. The summed E-state index contributed by atoms with van der Waals surface area (Å²) in [5, 5.41) is 4.19. The van der Waals surface area contributed by atoms with Gasteiger partial charge in [-0.05, 0) is 18.9 Å². The Morgan fingerprint density at radius 1 is 1.09 bits per heavy atom. The second-order valence-electron chi connectivity index (χ2n) is 5.68. The van der Waals surface area contributed by atoms with Gasteiger partial charge in [-0.25, -0.2) is 4.98 Å². The minimum atomic E-state index is 0.151. The van der Waals surface area contributed by atoms with E-state index >= 15 is 0 Å². The molecule has 114 valence electrons. The number of fused-ring (bicyclic) bond motifs is 1. The molecule has 0 saturated heterocycles. The molecule has 0 bridgehead atoms. The molecule has 0 atom stereocenters. The van der Waals surface area contributed by atoms with Crippen LogP contribution in [0.25, 0.3) is 17.0 Å². The summed E-state index contributed by atoms with van der Waals surface area (Å²) < 4.78 is 3.73. The van der Waals surface area contributed by atoms with E-state index in [2.05, 4.69) is 24.6 Å². The van der Waals surface area contributed by atoms with Crippen LogP contribution in [-0.4, -0.2) is 29.3 Å². The highest BCUT2D eigenvalue weighted by molar-refractivity contribution is 5.76. The summed E-state index contributed by atoms with van der Waals surface area (Å²) in [5.74, 6) is 1.06. The third kappa shape index (κ3) is 1.99. The first-order valence-corrected chi connectivity index (χ1v) is 7.54. The molecule has 3 heterocycles. The van der Waals surface area contributed by atoms with Gasteiger partial charge in [0.1, 0.15) is 5.52 Å². The Morgan fingerprint density at radius 3 is 2.64 bits per heavy atom. The van der Waals surface area contributed by atoms with Gasteiger partial charge >= 0.3 is 0 Å². The molecule has 0 unspecified atom stereocenters. The van der Waals surface area contributed by atoms with Gasteiger partial charge < -0.3 is 16.0 Å². The van der Waals surface area contributed by atoms with Gasteiger partial charge in [0, 0.05) is 12.2 Å². The van der Waals surface area contributed by atoms with Crippen LogP contribution < -0.4 is 11.5 Å². The number of pyridine rings is 1. The lowest BCUT2D eigenvalue weighted by Crippen LogP contribution is -2.18. The van der Waals surface area contributed by atoms with Gasteiger partial charge in [0.2, 0.25) is 17.8 Å². The molecule has 3 aromatic heterocycles. The molecule has 8 nitrogen and oxygen atoms in total. The quantitative estimate of drug-likeness (QED) is 0.744. The van der Waals surface area contributed by atoms with Crippen LogP contribution >= 0.6 is 0 Å². The van der Waals surface area contributed by atoms with Gasteiger partial charge in [0.05, 0.1) is 11.7 Å². The van der Waals surface area contributed by atoms with Crippen LogP contribution in [0.4, 0.5) is 11.9 Å². The Labute approximate surface area is 127 Å². The van der Waals surface area contributed by atoms with E-state index < -0.39 is 0 Å². The fraction of sp³-hybridized carbons (Fsp3) is 0.429. The van der Waals surface area contributed by atoms with Gasteiger partial charge in [0.25, 0.3) is 0 Å². The van der Waals surface area contributed by atoms with Crippen LogP contribution in [0.15, 0.2) is 18.5 Å². The molecule has 0 amide bonds. The zero-order valence-corrected chi connectivity index (χ0v) is 12.2. The maximum atomic E-state index is 5.93. The molecule has 4 N–H and O–H groups in total. The average molecular weight is 298 g/mol. The highest BCUT2D eigenvalue weighted by Crippen LogP contribution is 2.33. The summed E-state index contributed by atoms with van der Waals surface area (Å²) in [5.41, 5.74) is 13.5. The highest BCUT2D eigenvalue weighted by Gasteiger charge is 2.24. The number of hydrogen-bond acceptors (Lipinski definition) is 6. The molecule has 0 aliphatic heterocycles. The maximum Gasteiger partial charge on any atom is 0.241 e. The summed E-state index contributed by atoms with van der Waals surface area (Å²) in [6, 6.07) is 2.37. The molecule has 0 spiro atoms. The maximum absolute atomic E-state index is 5.93.